The zero-order valence-corrected chi connectivity index (χ0v) is 14.2. The molecule has 128 valence electrons. The molecule has 1 aliphatic rings. The minimum absolute atomic E-state index is 0.177. The molecule has 0 saturated carbocycles. The minimum Gasteiger partial charge on any atom is -0.385 e. The zero-order valence-electron chi connectivity index (χ0n) is 13.4. The van der Waals surface area contributed by atoms with Crippen molar-refractivity contribution in [1.82, 2.24) is 25.0 Å². The van der Waals surface area contributed by atoms with E-state index in [1.807, 2.05) is 18.2 Å². The first kappa shape index (κ1) is 16.7. The van der Waals surface area contributed by atoms with Gasteiger partial charge in [-0.15, -0.1) is 0 Å². The van der Waals surface area contributed by atoms with Gasteiger partial charge in [-0.3, -0.25) is 4.68 Å². The van der Waals surface area contributed by atoms with Gasteiger partial charge in [-0.05, 0) is 18.9 Å². The molecule has 0 bridgehead atoms. The van der Waals surface area contributed by atoms with Crippen LogP contribution in [-0.4, -0.2) is 43.9 Å². The molecule has 1 aromatic heterocycles. The lowest BCUT2D eigenvalue weighted by Crippen LogP contribution is -2.48. The summed E-state index contributed by atoms with van der Waals surface area (Å²) in [5.74, 6) is 0.565. The number of nitrogens with zero attached hydrogens (tertiary/aromatic N) is 4. The number of halogens is 1. The third kappa shape index (κ3) is 3.52. The topological polar surface area (TPSA) is 83.3 Å². The number of aryl methyl sites for hydroxylation is 1. The van der Waals surface area contributed by atoms with Crippen molar-refractivity contribution in [3.63, 3.8) is 0 Å². The number of aliphatic hydroxyl groups is 1. The van der Waals surface area contributed by atoms with Crippen LogP contribution in [0.4, 0.5) is 4.79 Å². The number of urea groups is 1. The van der Waals surface area contributed by atoms with Crippen LogP contribution in [0.5, 0.6) is 0 Å². The number of piperidine rings is 1. The molecular weight excluding hydrogens is 330 g/mol. The minimum atomic E-state index is -0.988. The van der Waals surface area contributed by atoms with E-state index < -0.39 is 5.60 Å². The van der Waals surface area contributed by atoms with Gasteiger partial charge in [0.2, 0.25) is 0 Å². The molecule has 2 N–H and O–H groups in total. The lowest BCUT2D eigenvalue weighted by atomic mass is 9.84. The molecule has 8 heteroatoms. The maximum absolute atomic E-state index is 12.2. The van der Waals surface area contributed by atoms with Gasteiger partial charge in [0.1, 0.15) is 6.33 Å². The molecule has 0 atom stereocenters. The normalized spacial score (nSPS) is 16.9. The van der Waals surface area contributed by atoms with Crippen molar-refractivity contribution in [3.8, 4) is 0 Å². The number of carbonyl (C=O) groups is 1. The van der Waals surface area contributed by atoms with E-state index in [4.69, 9.17) is 11.6 Å². The van der Waals surface area contributed by atoms with Crippen molar-refractivity contribution in [1.29, 1.82) is 0 Å². The number of aromatic nitrogens is 3. The van der Waals surface area contributed by atoms with E-state index >= 15 is 0 Å². The SMILES string of the molecule is Cn1cnc(CNC(=O)N2CCC(O)(c3ccccc3Cl)CC2)n1. The van der Waals surface area contributed by atoms with Crippen molar-refractivity contribution >= 4 is 17.6 Å². The number of rotatable bonds is 3. The molecule has 2 amide bonds. The second-order valence-corrected chi connectivity index (χ2v) is 6.40. The van der Waals surface area contributed by atoms with E-state index in [1.54, 1.807) is 29.0 Å². The van der Waals surface area contributed by atoms with E-state index in [1.165, 1.54) is 0 Å². The molecule has 0 aliphatic carbocycles. The molecule has 0 unspecified atom stereocenters. The summed E-state index contributed by atoms with van der Waals surface area (Å²) in [5.41, 5.74) is -0.262. The van der Waals surface area contributed by atoms with Gasteiger partial charge in [0, 0.05) is 30.7 Å². The summed E-state index contributed by atoms with van der Waals surface area (Å²) in [7, 11) is 1.78. The van der Waals surface area contributed by atoms with Crippen LogP contribution in [0.25, 0.3) is 0 Å². The van der Waals surface area contributed by atoms with Gasteiger partial charge in [-0.1, -0.05) is 29.8 Å². The lowest BCUT2D eigenvalue weighted by molar-refractivity contribution is -0.0167. The van der Waals surface area contributed by atoms with Crippen LogP contribution in [0.15, 0.2) is 30.6 Å². The maximum atomic E-state index is 12.2. The van der Waals surface area contributed by atoms with Crippen LogP contribution in [0.3, 0.4) is 0 Å². The van der Waals surface area contributed by atoms with E-state index in [0.717, 1.165) is 5.56 Å². The summed E-state index contributed by atoms with van der Waals surface area (Å²) in [5, 5.41) is 18.3. The summed E-state index contributed by atoms with van der Waals surface area (Å²) in [6, 6.07) is 7.13. The average molecular weight is 350 g/mol. The van der Waals surface area contributed by atoms with Crippen molar-refractivity contribution in [3.05, 3.63) is 47.0 Å². The summed E-state index contributed by atoms with van der Waals surface area (Å²) in [6.45, 7) is 1.21. The Balaban J connectivity index is 1.56. The predicted molar refractivity (Wildman–Crippen MR) is 89.4 cm³/mol. The first-order valence-electron chi connectivity index (χ1n) is 7.83. The number of nitrogens with one attached hydrogen (secondary N) is 1. The average Bonchev–Trinajstić information content (AvgIpc) is 2.99. The Labute approximate surface area is 145 Å². The molecule has 0 spiro atoms. The quantitative estimate of drug-likeness (QED) is 0.882. The Bertz CT molecular complexity index is 725. The zero-order chi connectivity index (χ0) is 17.2. The Morgan fingerprint density at radius 3 is 2.71 bits per heavy atom. The third-order valence-electron chi connectivity index (χ3n) is 4.30. The highest BCUT2D eigenvalue weighted by molar-refractivity contribution is 6.31. The molecule has 1 aromatic carbocycles. The fourth-order valence-electron chi connectivity index (χ4n) is 2.92. The lowest BCUT2D eigenvalue weighted by Gasteiger charge is -2.38. The monoisotopic (exact) mass is 349 g/mol. The molecule has 0 radical (unpaired) electrons. The van der Waals surface area contributed by atoms with Gasteiger partial charge < -0.3 is 15.3 Å². The van der Waals surface area contributed by atoms with Crippen LogP contribution in [0.1, 0.15) is 24.2 Å². The number of benzene rings is 1. The number of hydrogen-bond acceptors (Lipinski definition) is 4. The fourth-order valence-corrected chi connectivity index (χ4v) is 3.23. The molecule has 2 heterocycles. The van der Waals surface area contributed by atoms with E-state index in [0.29, 0.717) is 36.8 Å². The molecule has 1 fully saturated rings. The highest BCUT2D eigenvalue weighted by Crippen LogP contribution is 2.36. The molecule has 1 aliphatic heterocycles. The number of hydrogen-bond donors (Lipinski definition) is 2. The second-order valence-electron chi connectivity index (χ2n) is 5.99. The predicted octanol–water partition coefficient (Wildman–Crippen LogP) is 1.66. The standard InChI is InChI=1S/C16H20ClN5O2/c1-21-11-19-14(20-21)10-18-15(23)22-8-6-16(24,7-9-22)12-4-2-3-5-13(12)17/h2-5,11,24H,6-10H2,1H3,(H,18,23). The molecule has 7 nitrogen and oxygen atoms in total. The summed E-state index contributed by atoms with van der Waals surface area (Å²) in [4.78, 5) is 18.0. The molecule has 24 heavy (non-hydrogen) atoms. The van der Waals surface area contributed by atoms with Gasteiger partial charge in [0.25, 0.3) is 0 Å². The van der Waals surface area contributed by atoms with Crippen molar-refractivity contribution < 1.29 is 9.90 Å². The smallest absolute Gasteiger partial charge is 0.317 e. The number of amides is 2. The van der Waals surface area contributed by atoms with Gasteiger partial charge in [0.05, 0.1) is 12.1 Å². The first-order valence-corrected chi connectivity index (χ1v) is 8.20. The third-order valence-corrected chi connectivity index (χ3v) is 4.63. The largest absolute Gasteiger partial charge is 0.385 e. The van der Waals surface area contributed by atoms with Crippen LogP contribution in [-0.2, 0) is 19.2 Å². The van der Waals surface area contributed by atoms with Crippen LogP contribution in [0.2, 0.25) is 5.02 Å². The Morgan fingerprint density at radius 1 is 1.38 bits per heavy atom. The maximum Gasteiger partial charge on any atom is 0.317 e. The van der Waals surface area contributed by atoms with E-state index in [2.05, 4.69) is 15.4 Å². The highest BCUT2D eigenvalue weighted by atomic mass is 35.5. The van der Waals surface area contributed by atoms with Gasteiger partial charge in [0.15, 0.2) is 5.82 Å². The second kappa shape index (κ2) is 6.78. The number of likely N-dealkylation sites (tertiary alicyclic amines) is 1. The van der Waals surface area contributed by atoms with Crippen molar-refractivity contribution in [2.75, 3.05) is 13.1 Å². The van der Waals surface area contributed by atoms with E-state index in [-0.39, 0.29) is 12.6 Å². The molecular formula is C16H20ClN5O2. The van der Waals surface area contributed by atoms with Crippen molar-refractivity contribution in [2.45, 2.75) is 25.0 Å². The Hall–Kier alpha value is -2.12. The first-order chi connectivity index (χ1) is 11.5. The van der Waals surface area contributed by atoms with Crippen LogP contribution >= 0.6 is 11.6 Å². The van der Waals surface area contributed by atoms with Crippen LogP contribution in [0, 0.1) is 0 Å². The van der Waals surface area contributed by atoms with Gasteiger partial charge in [-0.25, -0.2) is 9.78 Å². The molecule has 3 rings (SSSR count). The summed E-state index contributed by atoms with van der Waals surface area (Å²) < 4.78 is 1.59. The highest BCUT2D eigenvalue weighted by Gasteiger charge is 2.36. The molecule has 2 aromatic rings. The molecule has 1 saturated heterocycles. The Kier molecular flexibility index (Phi) is 4.73. The van der Waals surface area contributed by atoms with E-state index in [9.17, 15) is 9.90 Å². The summed E-state index contributed by atoms with van der Waals surface area (Å²) in [6.07, 6.45) is 2.49. The van der Waals surface area contributed by atoms with Gasteiger partial charge in [-0.2, -0.15) is 5.10 Å². The van der Waals surface area contributed by atoms with Crippen LogP contribution < -0.4 is 5.32 Å². The van der Waals surface area contributed by atoms with Gasteiger partial charge >= 0.3 is 6.03 Å². The number of carbonyl (C=O) groups excluding carboxylic acids is 1. The summed E-state index contributed by atoms with van der Waals surface area (Å²) >= 11 is 6.20. The fraction of sp³-hybridized carbons (Fsp3) is 0.438. The van der Waals surface area contributed by atoms with Crippen molar-refractivity contribution in [2.24, 2.45) is 7.05 Å². The Morgan fingerprint density at radius 2 is 2.08 bits per heavy atom.